The SMILES string of the molecule is Cc1cc(C)n2nc(SCC(=O)N3CCc4[nH]c5ccccc5c4C3)nc2n1. The Bertz CT molecular complexity index is 1210. The first kappa shape index (κ1) is 17.2. The van der Waals surface area contributed by atoms with E-state index < -0.39 is 0 Å². The van der Waals surface area contributed by atoms with Gasteiger partial charge in [-0.2, -0.15) is 4.98 Å². The molecule has 8 heteroatoms. The minimum Gasteiger partial charge on any atom is -0.358 e. The Balaban J connectivity index is 1.31. The smallest absolute Gasteiger partial charge is 0.253 e. The van der Waals surface area contributed by atoms with Crippen molar-refractivity contribution in [2.24, 2.45) is 0 Å². The van der Waals surface area contributed by atoms with Crippen LogP contribution in [0.1, 0.15) is 22.6 Å². The zero-order valence-electron chi connectivity index (χ0n) is 15.8. The van der Waals surface area contributed by atoms with Crippen LogP contribution in [0.25, 0.3) is 16.7 Å². The van der Waals surface area contributed by atoms with Crippen molar-refractivity contribution in [3.8, 4) is 0 Å². The number of thioether (sulfide) groups is 1. The molecule has 3 aromatic heterocycles. The minimum absolute atomic E-state index is 0.112. The highest BCUT2D eigenvalue weighted by atomic mass is 32.2. The number of aromatic amines is 1. The Morgan fingerprint density at radius 1 is 1.25 bits per heavy atom. The molecule has 0 bridgehead atoms. The fourth-order valence-electron chi connectivity index (χ4n) is 3.81. The van der Waals surface area contributed by atoms with E-state index in [1.54, 1.807) is 4.52 Å². The summed E-state index contributed by atoms with van der Waals surface area (Å²) in [6, 6.07) is 10.2. The zero-order valence-corrected chi connectivity index (χ0v) is 16.6. The van der Waals surface area contributed by atoms with E-state index in [9.17, 15) is 4.79 Å². The maximum Gasteiger partial charge on any atom is 0.253 e. The Morgan fingerprint density at radius 2 is 2.11 bits per heavy atom. The van der Waals surface area contributed by atoms with Crippen molar-refractivity contribution in [1.29, 1.82) is 0 Å². The third kappa shape index (κ3) is 2.93. The molecule has 0 saturated heterocycles. The molecule has 1 N–H and O–H groups in total. The van der Waals surface area contributed by atoms with E-state index in [-0.39, 0.29) is 5.91 Å². The fraction of sp³-hybridized carbons (Fsp3) is 0.300. The molecule has 28 heavy (non-hydrogen) atoms. The predicted octanol–water partition coefficient (Wildman–Crippen LogP) is 2.90. The summed E-state index contributed by atoms with van der Waals surface area (Å²) in [4.78, 5) is 27.1. The number of carbonyl (C=O) groups is 1. The van der Waals surface area contributed by atoms with Crippen LogP contribution < -0.4 is 0 Å². The fourth-order valence-corrected chi connectivity index (χ4v) is 4.53. The molecule has 1 aromatic carbocycles. The largest absolute Gasteiger partial charge is 0.358 e. The normalized spacial score (nSPS) is 14.0. The molecule has 7 nitrogen and oxygen atoms in total. The lowest BCUT2D eigenvalue weighted by Crippen LogP contribution is -2.36. The van der Waals surface area contributed by atoms with Crippen molar-refractivity contribution in [2.75, 3.05) is 12.3 Å². The molecule has 4 aromatic rings. The third-order valence-electron chi connectivity index (χ3n) is 5.16. The molecule has 0 aliphatic carbocycles. The molecular weight excluding hydrogens is 372 g/mol. The summed E-state index contributed by atoms with van der Waals surface area (Å²) in [5, 5.41) is 6.26. The Kier molecular flexibility index (Phi) is 4.08. The van der Waals surface area contributed by atoms with E-state index in [0.717, 1.165) is 29.9 Å². The lowest BCUT2D eigenvalue weighted by Gasteiger charge is -2.27. The van der Waals surface area contributed by atoms with Crippen LogP contribution >= 0.6 is 11.8 Å². The second kappa shape index (κ2) is 6.63. The predicted molar refractivity (Wildman–Crippen MR) is 108 cm³/mol. The van der Waals surface area contributed by atoms with Gasteiger partial charge < -0.3 is 9.88 Å². The number of rotatable bonds is 3. The topological polar surface area (TPSA) is 79.2 Å². The molecule has 0 fully saturated rings. The first-order chi connectivity index (χ1) is 13.6. The molecule has 5 rings (SSSR count). The number of fused-ring (bicyclic) bond motifs is 4. The van der Waals surface area contributed by atoms with Gasteiger partial charge in [0.15, 0.2) is 0 Å². The van der Waals surface area contributed by atoms with Gasteiger partial charge in [0, 0.05) is 53.1 Å². The zero-order chi connectivity index (χ0) is 19.3. The molecular formula is C20H20N6OS. The highest BCUT2D eigenvalue weighted by molar-refractivity contribution is 7.99. The molecule has 0 atom stereocenters. The van der Waals surface area contributed by atoms with Crippen molar-refractivity contribution in [3.63, 3.8) is 0 Å². The Hall–Kier alpha value is -2.87. The van der Waals surface area contributed by atoms with Gasteiger partial charge in [-0.15, -0.1) is 5.10 Å². The molecule has 0 unspecified atom stereocenters. The number of aryl methyl sites for hydroxylation is 2. The number of H-pyrrole nitrogens is 1. The molecule has 0 radical (unpaired) electrons. The van der Waals surface area contributed by atoms with Crippen molar-refractivity contribution < 1.29 is 4.79 Å². The van der Waals surface area contributed by atoms with Crippen molar-refractivity contribution in [2.45, 2.75) is 32.0 Å². The molecule has 4 heterocycles. The number of hydrogen-bond donors (Lipinski definition) is 1. The van der Waals surface area contributed by atoms with Crippen LogP contribution in [0.5, 0.6) is 0 Å². The summed E-state index contributed by atoms with van der Waals surface area (Å²) < 4.78 is 1.72. The first-order valence-electron chi connectivity index (χ1n) is 9.28. The summed E-state index contributed by atoms with van der Waals surface area (Å²) in [6.07, 6.45) is 0.857. The van der Waals surface area contributed by atoms with Gasteiger partial charge in [0.05, 0.1) is 5.75 Å². The number of amides is 1. The number of carbonyl (C=O) groups excluding carboxylic acids is 1. The molecule has 0 spiro atoms. The Morgan fingerprint density at radius 3 is 3.00 bits per heavy atom. The van der Waals surface area contributed by atoms with Crippen LogP contribution in [0.15, 0.2) is 35.5 Å². The average molecular weight is 392 g/mol. The summed E-state index contributed by atoms with van der Waals surface area (Å²) >= 11 is 1.37. The van der Waals surface area contributed by atoms with Gasteiger partial charge in [0.25, 0.3) is 5.78 Å². The standard InChI is InChI=1S/C20H20N6OS/c1-12-9-13(2)26-19(21-12)23-20(24-26)28-11-18(27)25-8-7-17-15(10-25)14-5-3-4-6-16(14)22-17/h3-6,9,22H,7-8,10-11H2,1-2H3. The van der Waals surface area contributed by atoms with Crippen LogP contribution in [0.2, 0.25) is 0 Å². The van der Waals surface area contributed by atoms with Crippen molar-refractivity contribution in [1.82, 2.24) is 29.5 Å². The Labute approximate surface area is 166 Å². The molecule has 1 aliphatic rings. The number of hydrogen-bond acceptors (Lipinski definition) is 5. The number of aromatic nitrogens is 5. The highest BCUT2D eigenvalue weighted by Gasteiger charge is 2.24. The average Bonchev–Trinajstić information content (AvgIpc) is 3.26. The molecule has 1 aliphatic heterocycles. The monoisotopic (exact) mass is 392 g/mol. The van der Waals surface area contributed by atoms with Gasteiger partial charge in [-0.05, 0) is 26.0 Å². The highest BCUT2D eigenvalue weighted by Crippen LogP contribution is 2.28. The number of nitrogens with zero attached hydrogens (tertiary/aromatic N) is 5. The van der Waals surface area contributed by atoms with Gasteiger partial charge in [-0.25, -0.2) is 9.50 Å². The lowest BCUT2D eigenvalue weighted by molar-refractivity contribution is -0.129. The summed E-state index contributed by atoms with van der Waals surface area (Å²) in [5.74, 6) is 1.02. The molecule has 0 saturated carbocycles. The van der Waals surface area contributed by atoms with Crippen LogP contribution in [-0.4, -0.2) is 47.7 Å². The maximum absolute atomic E-state index is 12.8. The summed E-state index contributed by atoms with van der Waals surface area (Å²) in [6.45, 7) is 5.30. The number of nitrogens with one attached hydrogen (secondary N) is 1. The quantitative estimate of drug-likeness (QED) is 0.543. The van der Waals surface area contributed by atoms with E-state index in [2.05, 4.69) is 32.2 Å². The van der Waals surface area contributed by atoms with Gasteiger partial charge in [0.2, 0.25) is 11.1 Å². The summed E-state index contributed by atoms with van der Waals surface area (Å²) in [5.41, 5.74) is 5.52. The van der Waals surface area contributed by atoms with E-state index in [1.165, 1.54) is 28.4 Å². The van der Waals surface area contributed by atoms with E-state index in [1.807, 2.05) is 36.9 Å². The molecule has 142 valence electrons. The summed E-state index contributed by atoms with van der Waals surface area (Å²) in [7, 11) is 0. The minimum atomic E-state index is 0.112. The van der Waals surface area contributed by atoms with Crippen LogP contribution in [-0.2, 0) is 17.8 Å². The van der Waals surface area contributed by atoms with E-state index in [4.69, 9.17) is 0 Å². The van der Waals surface area contributed by atoms with Gasteiger partial charge in [0.1, 0.15) is 0 Å². The van der Waals surface area contributed by atoms with Gasteiger partial charge >= 0.3 is 0 Å². The second-order valence-corrected chi connectivity index (χ2v) is 8.07. The van der Waals surface area contributed by atoms with Crippen LogP contribution in [0, 0.1) is 13.8 Å². The number of benzene rings is 1. The van der Waals surface area contributed by atoms with E-state index in [0.29, 0.717) is 23.2 Å². The molecule has 1 amide bonds. The lowest BCUT2D eigenvalue weighted by atomic mass is 10.0. The van der Waals surface area contributed by atoms with Gasteiger partial charge in [-0.1, -0.05) is 30.0 Å². The van der Waals surface area contributed by atoms with E-state index >= 15 is 0 Å². The van der Waals surface area contributed by atoms with Crippen molar-refractivity contribution >= 4 is 34.3 Å². The first-order valence-corrected chi connectivity index (χ1v) is 10.3. The van der Waals surface area contributed by atoms with Crippen molar-refractivity contribution in [3.05, 3.63) is 53.0 Å². The van der Waals surface area contributed by atoms with Crippen LogP contribution in [0.3, 0.4) is 0 Å². The van der Waals surface area contributed by atoms with Gasteiger partial charge in [-0.3, -0.25) is 4.79 Å². The number of para-hydroxylation sites is 1. The second-order valence-electron chi connectivity index (χ2n) is 7.13. The maximum atomic E-state index is 12.8. The third-order valence-corrected chi connectivity index (χ3v) is 5.98. The van der Waals surface area contributed by atoms with Crippen LogP contribution in [0.4, 0.5) is 0 Å².